The summed E-state index contributed by atoms with van der Waals surface area (Å²) in [6, 6.07) is 7.64. The number of carbonyl (C=O) groups excluding carboxylic acids is 1. The van der Waals surface area contributed by atoms with Gasteiger partial charge in [0.2, 0.25) is 17.8 Å². The first-order valence-corrected chi connectivity index (χ1v) is 14.9. The highest BCUT2D eigenvalue weighted by Crippen LogP contribution is 2.30. The van der Waals surface area contributed by atoms with Crippen molar-refractivity contribution in [1.29, 1.82) is 0 Å². The number of nitrogens with zero attached hydrogens (tertiary/aromatic N) is 8. The predicted molar refractivity (Wildman–Crippen MR) is 155 cm³/mol. The minimum atomic E-state index is -0.0215. The lowest BCUT2D eigenvalue weighted by Crippen LogP contribution is -2.48. The van der Waals surface area contributed by atoms with Crippen molar-refractivity contribution in [3.05, 3.63) is 29.6 Å². The third-order valence-corrected chi connectivity index (χ3v) is 8.78. The third kappa shape index (κ3) is 5.44. The second-order valence-electron chi connectivity index (χ2n) is 9.69. The molecule has 200 valence electrons. The molecule has 0 radical (unpaired) electrons. The van der Waals surface area contributed by atoms with Crippen molar-refractivity contribution < 1.29 is 4.79 Å². The number of thiazole rings is 1. The highest BCUT2D eigenvalue weighted by Gasteiger charge is 2.27. The van der Waals surface area contributed by atoms with Crippen LogP contribution in [0.4, 0.5) is 33.5 Å². The number of para-hydroxylation sites is 1. The van der Waals surface area contributed by atoms with Crippen LogP contribution in [0.3, 0.4) is 0 Å². The van der Waals surface area contributed by atoms with Gasteiger partial charge in [-0.15, -0.1) is 11.3 Å². The van der Waals surface area contributed by atoms with Gasteiger partial charge in [0.15, 0.2) is 5.13 Å². The Balaban J connectivity index is 1.06. The molecule has 0 spiro atoms. The van der Waals surface area contributed by atoms with Gasteiger partial charge >= 0.3 is 5.24 Å². The number of anilines is 5. The molecule has 3 aliphatic rings. The maximum atomic E-state index is 12.9. The van der Waals surface area contributed by atoms with Gasteiger partial charge in [-0.2, -0.15) is 15.0 Å². The summed E-state index contributed by atoms with van der Waals surface area (Å²) >= 11 is 2.52. The number of rotatable bonds is 6. The third-order valence-electron chi connectivity index (χ3n) is 7.17. The maximum Gasteiger partial charge on any atom is 0.302 e. The lowest BCUT2D eigenvalue weighted by molar-refractivity contribution is 0.219. The molecular weight excluding hydrogens is 520 g/mol. The number of nitrogens with two attached hydrogens (primary N) is 1. The van der Waals surface area contributed by atoms with Gasteiger partial charge in [-0.3, -0.25) is 9.52 Å². The molecule has 0 atom stereocenters. The molecule has 3 aliphatic heterocycles. The predicted octanol–water partition coefficient (Wildman–Crippen LogP) is 3.78. The molecule has 0 unspecified atom stereocenters. The number of hydrogen-bond acceptors (Lipinski definition) is 12. The molecule has 0 bridgehead atoms. The van der Waals surface area contributed by atoms with Crippen LogP contribution in [0.25, 0.3) is 11.3 Å². The normalized spacial score (nSPS) is 17.9. The van der Waals surface area contributed by atoms with Gasteiger partial charge in [-0.05, 0) is 31.7 Å². The number of nitrogen functional groups attached to an aromatic ring is 1. The minimum absolute atomic E-state index is 0.0215. The molecule has 1 amide bonds. The number of nitrogens with one attached hydrogen (secondary N) is 1. The van der Waals surface area contributed by atoms with Crippen molar-refractivity contribution >= 4 is 57.2 Å². The van der Waals surface area contributed by atoms with E-state index in [9.17, 15) is 4.79 Å². The summed E-state index contributed by atoms with van der Waals surface area (Å²) in [6.07, 6.45) is 4.70. The Morgan fingerprint density at radius 3 is 1.92 bits per heavy atom. The van der Waals surface area contributed by atoms with Crippen LogP contribution < -0.4 is 25.2 Å². The fourth-order valence-corrected chi connectivity index (χ4v) is 6.42. The summed E-state index contributed by atoms with van der Waals surface area (Å²) in [5.41, 5.74) is 8.45. The van der Waals surface area contributed by atoms with Crippen LogP contribution in [0.5, 0.6) is 0 Å². The number of aromatic nitrogens is 4. The van der Waals surface area contributed by atoms with Crippen LogP contribution in [0.1, 0.15) is 25.7 Å². The van der Waals surface area contributed by atoms with Crippen molar-refractivity contribution in [2.45, 2.75) is 25.7 Å². The number of hydrogen-bond donors (Lipinski definition) is 2. The van der Waals surface area contributed by atoms with Crippen molar-refractivity contribution in [1.82, 2.24) is 24.8 Å². The molecule has 3 saturated heterocycles. The minimum Gasteiger partial charge on any atom is -0.398 e. The first kappa shape index (κ1) is 25.0. The summed E-state index contributed by atoms with van der Waals surface area (Å²) in [5.74, 6) is 2.29. The summed E-state index contributed by atoms with van der Waals surface area (Å²) in [6.45, 7) is 6.57. The van der Waals surface area contributed by atoms with Crippen LogP contribution in [-0.2, 0) is 0 Å². The molecule has 1 aromatic carbocycles. The average Bonchev–Trinajstić information content (AvgIpc) is 3.75. The lowest BCUT2D eigenvalue weighted by atomic mass is 10.1. The number of benzene rings is 1. The van der Waals surface area contributed by atoms with Crippen LogP contribution >= 0.6 is 23.3 Å². The van der Waals surface area contributed by atoms with Gasteiger partial charge < -0.3 is 25.3 Å². The SMILES string of the molecule is Nc1ccccc1-c1csc(NSC(=O)N2CCN(c3nc(N4CCCC4)nc(N4CCCC4)n3)CC2)n1. The van der Waals surface area contributed by atoms with E-state index in [0.29, 0.717) is 37.0 Å². The van der Waals surface area contributed by atoms with E-state index in [2.05, 4.69) is 24.4 Å². The van der Waals surface area contributed by atoms with E-state index in [1.807, 2.05) is 34.5 Å². The largest absolute Gasteiger partial charge is 0.398 e. The molecule has 11 nitrogen and oxygen atoms in total. The van der Waals surface area contributed by atoms with E-state index in [0.717, 1.165) is 67.2 Å². The lowest BCUT2D eigenvalue weighted by Gasteiger charge is -2.35. The highest BCUT2D eigenvalue weighted by atomic mass is 32.2. The monoisotopic (exact) mass is 552 g/mol. The molecule has 6 rings (SSSR count). The molecular formula is C25H32N10OS2. The molecule has 0 saturated carbocycles. The quantitative estimate of drug-likeness (QED) is 0.343. The molecule has 2 aromatic heterocycles. The average molecular weight is 553 g/mol. The fraction of sp³-hybridized carbons (Fsp3) is 0.480. The van der Waals surface area contributed by atoms with E-state index in [-0.39, 0.29) is 5.24 Å². The van der Waals surface area contributed by atoms with Gasteiger partial charge in [0.05, 0.1) is 5.69 Å². The Bertz CT molecular complexity index is 1230. The molecule has 0 aliphatic carbocycles. The van der Waals surface area contributed by atoms with Gasteiger partial charge in [0.25, 0.3) is 0 Å². The van der Waals surface area contributed by atoms with Crippen LogP contribution in [0.15, 0.2) is 29.6 Å². The molecule has 5 heterocycles. The topological polar surface area (TPSA) is 120 Å². The number of amides is 1. The Labute approximate surface area is 230 Å². The number of piperazine rings is 1. The Kier molecular flexibility index (Phi) is 7.36. The van der Waals surface area contributed by atoms with Crippen LogP contribution in [0, 0.1) is 0 Å². The standard InChI is InChI=1S/C25H32N10OS2/c26-19-8-2-1-7-18(19)20-17-37-24(27-20)31-38-25(36)35-15-13-34(14-16-35)23-29-21(32-9-3-4-10-32)28-22(30-23)33-11-5-6-12-33/h1-2,7-8,17H,3-6,9-16,26H2,(H,27,31). The molecule has 13 heteroatoms. The number of carbonyl (C=O) groups is 1. The van der Waals surface area contributed by atoms with Crippen molar-refractivity contribution in [3.63, 3.8) is 0 Å². The zero-order valence-electron chi connectivity index (χ0n) is 21.3. The molecule has 3 aromatic rings. The molecule has 3 fully saturated rings. The van der Waals surface area contributed by atoms with Crippen molar-refractivity contribution in [2.75, 3.05) is 77.5 Å². The first-order chi connectivity index (χ1) is 18.6. The smallest absolute Gasteiger partial charge is 0.302 e. The van der Waals surface area contributed by atoms with Crippen molar-refractivity contribution in [3.8, 4) is 11.3 Å². The molecule has 3 N–H and O–H groups in total. The van der Waals surface area contributed by atoms with E-state index in [4.69, 9.17) is 20.7 Å². The Morgan fingerprint density at radius 1 is 0.789 bits per heavy atom. The molecule has 38 heavy (non-hydrogen) atoms. The van der Waals surface area contributed by atoms with Gasteiger partial charge in [0.1, 0.15) is 0 Å². The second-order valence-corrected chi connectivity index (χ2v) is 11.3. The fourth-order valence-electron chi connectivity index (χ4n) is 5.02. The highest BCUT2D eigenvalue weighted by molar-refractivity contribution is 8.14. The first-order valence-electron chi connectivity index (χ1n) is 13.2. The van der Waals surface area contributed by atoms with Crippen molar-refractivity contribution in [2.24, 2.45) is 0 Å². The van der Waals surface area contributed by atoms with E-state index < -0.39 is 0 Å². The zero-order valence-corrected chi connectivity index (χ0v) is 22.9. The summed E-state index contributed by atoms with van der Waals surface area (Å²) in [4.78, 5) is 40.6. The summed E-state index contributed by atoms with van der Waals surface area (Å²) in [5, 5.41) is 2.60. The zero-order chi connectivity index (χ0) is 25.9. The van der Waals surface area contributed by atoms with E-state index in [1.165, 1.54) is 37.0 Å². The van der Waals surface area contributed by atoms with E-state index in [1.54, 1.807) is 0 Å². The van der Waals surface area contributed by atoms with Gasteiger partial charge in [-0.1, -0.05) is 18.2 Å². The summed E-state index contributed by atoms with van der Waals surface area (Å²) < 4.78 is 3.11. The second kappa shape index (κ2) is 11.2. The van der Waals surface area contributed by atoms with Crippen LogP contribution in [0.2, 0.25) is 0 Å². The van der Waals surface area contributed by atoms with Gasteiger partial charge in [-0.25, -0.2) is 4.98 Å². The summed E-state index contributed by atoms with van der Waals surface area (Å²) in [7, 11) is 0. The Hall–Kier alpha value is -3.32. The maximum absolute atomic E-state index is 12.9. The Morgan fingerprint density at radius 2 is 1.34 bits per heavy atom. The van der Waals surface area contributed by atoms with Gasteiger partial charge in [0, 0.05) is 80.9 Å². The van der Waals surface area contributed by atoms with E-state index >= 15 is 0 Å². The van der Waals surface area contributed by atoms with Crippen LogP contribution in [-0.4, -0.2) is 82.4 Å².